The van der Waals surface area contributed by atoms with Gasteiger partial charge in [-0.1, -0.05) is 6.92 Å². The number of fused-ring (bicyclic) bond motifs is 2. The Hall–Kier alpha value is -0.320. The van der Waals surface area contributed by atoms with E-state index in [0.717, 1.165) is 111 Å². The third-order valence-corrected chi connectivity index (χ3v) is 6.81. The van der Waals surface area contributed by atoms with Gasteiger partial charge in [0.2, 0.25) is 0 Å². The second kappa shape index (κ2) is 14.0. The van der Waals surface area contributed by atoms with E-state index in [-0.39, 0.29) is 1.43 Å². The highest BCUT2D eigenvalue weighted by atomic mass is 16.5. The summed E-state index contributed by atoms with van der Waals surface area (Å²) in [6.07, 6.45) is 1.32. The molecule has 8 nitrogen and oxygen atoms in total. The van der Waals surface area contributed by atoms with E-state index in [1.165, 1.54) is 19.5 Å². The minimum atomic E-state index is 0. The first kappa shape index (κ1) is 24.3. The number of piperazine rings is 2. The van der Waals surface area contributed by atoms with Crippen molar-refractivity contribution >= 4 is 0 Å². The van der Waals surface area contributed by atoms with E-state index in [2.05, 4.69) is 31.8 Å². The molecule has 8 heteroatoms. The molecule has 2 bridgehead atoms. The fraction of sp³-hybridized carbons (Fsp3) is 1.00. The maximum Gasteiger partial charge on any atom is 0.0594 e. The lowest BCUT2D eigenvalue weighted by Gasteiger charge is -2.35. The van der Waals surface area contributed by atoms with Gasteiger partial charge >= 0.3 is 0 Å². The van der Waals surface area contributed by atoms with Gasteiger partial charge in [-0.15, -0.1) is 0 Å². The summed E-state index contributed by atoms with van der Waals surface area (Å²) in [6.45, 7) is 19.6. The van der Waals surface area contributed by atoms with Gasteiger partial charge in [-0.3, -0.25) is 19.6 Å². The Bertz CT molecular complexity index is 457. The zero-order chi connectivity index (χ0) is 21.0. The lowest BCUT2D eigenvalue weighted by molar-refractivity contribution is 0.0416. The molecule has 0 aromatic carbocycles. The van der Waals surface area contributed by atoms with Gasteiger partial charge in [0, 0.05) is 92.6 Å². The van der Waals surface area contributed by atoms with Crippen LogP contribution in [0.3, 0.4) is 0 Å². The van der Waals surface area contributed by atoms with E-state index in [4.69, 9.17) is 14.2 Å². The van der Waals surface area contributed by atoms with Crippen LogP contribution in [0.4, 0.5) is 0 Å². The van der Waals surface area contributed by atoms with Gasteiger partial charge in [0.25, 0.3) is 0 Å². The largest absolute Gasteiger partial charge is 0.383 e. The summed E-state index contributed by atoms with van der Waals surface area (Å²) in [5.41, 5.74) is 0. The van der Waals surface area contributed by atoms with Crippen molar-refractivity contribution in [1.29, 1.82) is 0 Å². The van der Waals surface area contributed by atoms with E-state index >= 15 is 0 Å². The van der Waals surface area contributed by atoms with Gasteiger partial charge in [-0.2, -0.15) is 0 Å². The molecule has 0 aromatic rings. The number of ether oxygens (including phenoxy) is 3. The molecule has 2 atom stereocenters. The molecule has 3 aliphatic rings. The Kier molecular flexibility index (Phi) is 11.3. The fourth-order valence-electron chi connectivity index (χ4n) is 4.92. The third kappa shape index (κ3) is 7.98. The summed E-state index contributed by atoms with van der Waals surface area (Å²) >= 11 is 0. The molecule has 0 radical (unpaired) electrons. The van der Waals surface area contributed by atoms with Crippen molar-refractivity contribution in [3.63, 3.8) is 0 Å². The minimum Gasteiger partial charge on any atom is -0.383 e. The van der Waals surface area contributed by atoms with E-state index in [1.54, 1.807) is 7.11 Å². The van der Waals surface area contributed by atoms with Crippen LogP contribution < -0.4 is 5.32 Å². The molecule has 3 aliphatic heterocycles. The second-order valence-corrected chi connectivity index (χ2v) is 8.79. The second-order valence-electron chi connectivity index (χ2n) is 8.79. The molecule has 30 heavy (non-hydrogen) atoms. The highest BCUT2D eigenvalue weighted by Crippen LogP contribution is 2.29. The first-order chi connectivity index (χ1) is 14.8. The molecule has 3 rings (SSSR count). The van der Waals surface area contributed by atoms with E-state index < -0.39 is 0 Å². The summed E-state index contributed by atoms with van der Waals surface area (Å²) in [5, 5.41) is 3.30. The molecule has 0 spiro atoms. The van der Waals surface area contributed by atoms with Crippen molar-refractivity contribution < 1.29 is 15.6 Å². The quantitative estimate of drug-likeness (QED) is 0.342. The van der Waals surface area contributed by atoms with Gasteiger partial charge < -0.3 is 19.5 Å². The summed E-state index contributed by atoms with van der Waals surface area (Å²) < 4.78 is 16.9. The van der Waals surface area contributed by atoms with Crippen molar-refractivity contribution in [3.05, 3.63) is 0 Å². The number of methoxy groups -OCH3 is 1. The Morgan fingerprint density at radius 3 is 1.83 bits per heavy atom. The molecule has 0 amide bonds. The molecule has 0 saturated carbocycles. The van der Waals surface area contributed by atoms with Crippen LogP contribution in [0.5, 0.6) is 0 Å². The maximum absolute atomic E-state index is 5.98. The van der Waals surface area contributed by atoms with Crippen LogP contribution in [-0.2, 0) is 14.2 Å². The van der Waals surface area contributed by atoms with Crippen molar-refractivity contribution in [3.8, 4) is 0 Å². The van der Waals surface area contributed by atoms with Crippen LogP contribution >= 0.6 is 0 Å². The van der Waals surface area contributed by atoms with Crippen LogP contribution in [0.2, 0.25) is 0 Å². The Balaban J connectivity index is 0.00000341. The number of rotatable bonds is 16. The average Bonchev–Trinajstić information content (AvgIpc) is 3.35. The summed E-state index contributed by atoms with van der Waals surface area (Å²) in [7, 11) is 1.78. The molecule has 3 fully saturated rings. The normalized spacial score (nSPS) is 26.2. The van der Waals surface area contributed by atoms with Crippen LogP contribution in [0.1, 0.15) is 14.8 Å². The van der Waals surface area contributed by atoms with E-state index in [1.807, 2.05) is 0 Å². The summed E-state index contributed by atoms with van der Waals surface area (Å²) in [4.78, 5) is 10.3. The number of likely N-dealkylation sites (tertiary alicyclic amines) is 2. The molecule has 0 aliphatic carbocycles. The van der Waals surface area contributed by atoms with Gasteiger partial charge in [0.15, 0.2) is 0 Å². The summed E-state index contributed by atoms with van der Waals surface area (Å²) in [6, 6.07) is 1.45. The Morgan fingerprint density at radius 2 is 1.30 bits per heavy atom. The highest BCUT2D eigenvalue weighted by Gasteiger charge is 2.42. The van der Waals surface area contributed by atoms with Crippen LogP contribution in [0.15, 0.2) is 0 Å². The molecule has 0 aromatic heterocycles. The molecule has 1 unspecified atom stereocenters. The average molecular weight is 430 g/mol. The Labute approximate surface area is 185 Å². The number of likely N-dealkylation sites (N-methyl/N-ethyl adjacent to an activating group) is 1. The fourth-order valence-corrected chi connectivity index (χ4v) is 4.92. The zero-order valence-electron chi connectivity index (χ0n) is 19.4. The summed E-state index contributed by atoms with van der Waals surface area (Å²) in [5.74, 6) is 0. The molecule has 1 N–H and O–H groups in total. The van der Waals surface area contributed by atoms with Crippen LogP contribution in [0.25, 0.3) is 0 Å². The van der Waals surface area contributed by atoms with Crippen LogP contribution in [-0.4, -0.2) is 150 Å². The number of nitrogens with one attached hydrogen (secondary N) is 1. The van der Waals surface area contributed by atoms with Gasteiger partial charge in [0.05, 0.1) is 33.0 Å². The standard InChI is InChI=1S/C22H45N5O3.H2/c1-3-23-4-13-29-16-11-26-19-22-18-21(26)20-27(22)12-17-30-15-10-25-7-5-24(6-8-25)9-14-28-2;/h21-23H,3-20H2,1-2H3;1H/t21-,22?;/m0./s1. The predicted molar refractivity (Wildman–Crippen MR) is 122 cm³/mol. The number of hydrogen-bond donors (Lipinski definition) is 1. The molecule has 178 valence electrons. The first-order valence-corrected chi connectivity index (χ1v) is 12.1. The minimum absolute atomic E-state index is 0. The lowest BCUT2D eigenvalue weighted by Crippen LogP contribution is -2.48. The van der Waals surface area contributed by atoms with Gasteiger partial charge in [-0.05, 0) is 13.0 Å². The Morgan fingerprint density at radius 1 is 0.767 bits per heavy atom. The zero-order valence-corrected chi connectivity index (χ0v) is 19.4. The monoisotopic (exact) mass is 429 g/mol. The van der Waals surface area contributed by atoms with Crippen molar-refractivity contribution in [2.45, 2.75) is 25.4 Å². The highest BCUT2D eigenvalue weighted by molar-refractivity contribution is 4.99. The first-order valence-electron chi connectivity index (χ1n) is 12.1. The maximum atomic E-state index is 5.98. The lowest BCUT2D eigenvalue weighted by atomic mass is 10.2. The van der Waals surface area contributed by atoms with Crippen LogP contribution in [0, 0.1) is 0 Å². The molecular formula is C22H47N5O3. The van der Waals surface area contributed by atoms with Crippen molar-refractivity contribution in [2.75, 3.05) is 119 Å². The van der Waals surface area contributed by atoms with E-state index in [9.17, 15) is 0 Å². The number of hydrogen-bond acceptors (Lipinski definition) is 8. The van der Waals surface area contributed by atoms with Crippen molar-refractivity contribution in [1.82, 2.24) is 24.9 Å². The molecular weight excluding hydrogens is 382 g/mol. The van der Waals surface area contributed by atoms with Crippen molar-refractivity contribution in [2.24, 2.45) is 0 Å². The molecule has 3 heterocycles. The predicted octanol–water partition coefficient (Wildman–Crippen LogP) is -0.102. The van der Waals surface area contributed by atoms with E-state index in [0.29, 0.717) is 0 Å². The van der Waals surface area contributed by atoms with Gasteiger partial charge in [0.1, 0.15) is 0 Å². The number of nitrogens with zero attached hydrogens (tertiary/aromatic N) is 4. The smallest absolute Gasteiger partial charge is 0.0594 e. The third-order valence-electron chi connectivity index (χ3n) is 6.81. The topological polar surface area (TPSA) is 52.7 Å². The SMILES string of the molecule is CCNCCOCCN1CC2C[C@H]1CN2CCOCCN1CCN(CCOC)CC1.[HH]. The van der Waals surface area contributed by atoms with Gasteiger partial charge in [-0.25, -0.2) is 0 Å². The molecule has 3 saturated heterocycles.